The van der Waals surface area contributed by atoms with Crippen molar-refractivity contribution < 1.29 is 22.7 Å². The zero-order chi connectivity index (χ0) is 24.0. The first-order valence-corrected chi connectivity index (χ1v) is 13.5. The predicted molar refractivity (Wildman–Crippen MR) is 129 cm³/mol. The Morgan fingerprint density at radius 1 is 1.00 bits per heavy atom. The third-order valence-electron chi connectivity index (χ3n) is 7.60. The van der Waals surface area contributed by atoms with Crippen molar-refractivity contribution in [1.82, 2.24) is 19.2 Å². The van der Waals surface area contributed by atoms with Crippen molar-refractivity contribution in [2.45, 2.75) is 42.4 Å². The molecular weight excluding hydrogens is 468 g/mol. The van der Waals surface area contributed by atoms with Crippen LogP contribution in [-0.2, 0) is 20.2 Å². The third-order valence-corrected chi connectivity index (χ3v) is 9.54. The summed E-state index contributed by atoms with van der Waals surface area (Å²) < 4.78 is 39.3. The summed E-state index contributed by atoms with van der Waals surface area (Å²) in [5.74, 6) is 1.48. The molecule has 1 saturated heterocycles. The van der Waals surface area contributed by atoms with Crippen molar-refractivity contribution >= 4 is 27.0 Å². The first kappa shape index (κ1) is 22.4. The van der Waals surface area contributed by atoms with E-state index in [1.165, 1.54) is 10.5 Å². The summed E-state index contributed by atoms with van der Waals surface area (Å²) in [6.07, 6.45) is 7.79. The molecule has 1 aromatic carbocycles. The van der Waals surface area contributed by atoms with Crippen LogP contribution in [-0.4, -0.2) is 66.5 Å². The predicted octanol–water partition coefficient (Wildman–Crippen LogP) is 3.03. The fourth-order valence-electron chi connectivity index (χ4n) is 5.69. The lowest BCUT2D eigenvalue weighted by atomic mass is 9.68. The van der Waals surface area contributed by atoms with Gasteiger partial charge in [0, 0.05) is 44.0 Å². The van der Waals surface area contributed by atoms with Crippen LogP contribution in [0, 0.1) is 0 Å². The van der Waals surface area contributed by atoms with Crippen LogP contribution in [0.5, 0.6) is 11.5 Å². The number of ether oxygens (including phenoxy) is 2. The molecule has 184 valence electrons. The minimum Gasteiger partial charge on any atom is -0.454 e. The van der Waals surface area contributed by atoms with E-state index in [1.54, 1.807) is 18.3 Å². The SMILES string of the molecule is O=C(N1CCN(S(=O)(=O)c2c[nH]c3ncccc23)CC1)C1(c2ccc3c(c2)OCO3)CCCCC1. The molecule has 1 N–H and O–H groups in total. The van der Waals surface area contributed by atoms with Crippen LogP contribution < -0.4 is 9.47 Å². The van der Waals surface area contributed by atoms with Gasteiger partial charge >= 0.3 is 0 Å². The van der Waals surface area contributed by atoms with Crippen LogP contribution in [0.15, 0.2) is 47.6 Å². The minimum atomic E-state index is -3.70. The van der Waals surface area contributed by atoms with Gasteiger partial charge in [-0.05, 0) is 42.7 Å². The van der Waals surface area contributed by atoms with Gasteiger partial charge in [-0.25, -0.2) is 13.4 Å². The molecule has 0 unspecified atom stereocenters. The van der Waals surface area contributed by atoms with Gasteiger partial charge in [-0.15, -0.1) is 0 Å². The normalized spacial score (nSPS) is 20.3. The van der Waals surface area contributed by atoms with Gasteiger partial charge < -0.3 is 19.4 Å². The number of aromatic nitrogens is 2. The number of carbonyl (C=O) groups is 1. The number of amides is 1. The molecule has 0 radical (unpaired) electrons. The van der Waals surface area contributed by atoms with Crippen LogP contribution in [0.25, 0.3) is 11.0 Å². The molecule has 2 fully saturated rings. The van der Waals surface area contributed by atoms with Gasteiger partial charge in [-0.2, -0.15) is 4.31 Å². The van der Waals surface area contributed by atoms with E-state index in [4.69, 9.17) is 9.47 Å². The molecular formula is C25H28N4O5S. The molecule has 0 bridgehead atoms. The van der Waals surface area contributed by atoms with Crippen molar-refractivity contribution in [2.75, 3.05) is 33.0 Å². The Labute approximate surface area is 204 Å². The van der Waals surface area contributed by atoms with E-state index in [0.717, 1.165) is 37.7 Å². The van der Waals surface area contributed by atoms with Gasteiger partial charge in [0.1, 0.15) is 10.5 Å². The Balaban J connectivity index is 1.23. The standard InChI is InChI=1S/C25H28N4O5S/c30-24(25(8-2-1-3-9-25)18-6-7-20-21(15-18)34-17-33-20)28-11-13-29(14-12-28)35(31,32)22-16-27-23-19(22)5-4-10-26-23/h4-7,10,15-16H,1-3,8-9,11-14,17H2,(H,26,27). The molecule has 0 atom stereocenters. The molecule has 6 rings (SSSR count). The molecule has 1 saturated carbocycles. The Bertz CT molecular complexity index is 1370. The average Bonchev–Trinajstić information content (AvgIpc) is 3.56. The molecule has 4 heterocycles. The second-order valence-electron chi connectivity index (χ2n) is 9.46. The lowest BCUT2D eigenvalue weighted by Gasteiger charge is -2.43. The van der Waals surface area contributed by atoms with E-state index in [-0.39, 0.29) is 30.7 Å². The number of sulfonamides is 1. The second-order valence-corrected chi connectivity index (χ2v) is 11.4. The van der Waals surface area contributed by atoms with Crippen LogP contribution in [0.1, 0.15) is 37.7 Å². The smallest absolute Gasteiger partial charge is 0.245 e. The van der Waals surface area contributed by atoms with Crippen molar-refractivity contribution in [3.8, 4) is 11.5 Å². The highest BCUT2D eigenvalue weighted by atomic mass is 32.2. The summed E-state index contributed by atoms with van der Waals surface area (Å²) >= 11 is 0. The van der Waals surface area contributed by atoms with Gasteiger partial charge in [0.05, 0.1) is 5.41 Å². The van der Waals surface area contributed by atoms with Crippen LogP contribution in [0.2, 0.25) is 0 Å². The maximum atomic E-state index is 14.0. The van der Waals surface area contributed by atoms with E-state index in [2.05, 4.69) is 9.97 Å². The maximum Gasteiger partial charge on any atom is 0.245 e. The first-order valence-electron chi connectivity index (χ1n) is 12.1. The summed E-state index contributed by atoms with van der Waals surface area (Å²) in [4.78, 5) is 23.2. The number of aromatic amines is 1. The Hall–Kier alpha value is -3.11. The van der Waals surface area contributed by atoms with Gasteiger partial charge in [-0.1, -0.05) is 25.3 Å². The molecule has 10 heteroatoms. The summed E-state index contributed by atoms with van der Waals surface area (Å²) in [5, 5.41) is 0.579. The monoisotopic (exact) mass is 496 g/mol. The summed E-state index contributed by atoms with van der Waals surface area (Å²) in [6.45, 7) is 1.45. The maximum absolute atomic E-state index is 14.0. The second kappa shape index (κ2) is 8.53. The Morgan fingerprint density at radius 3 is 2.57 bits per heavy atom. The van der Waals surface area contributed by atoms with Crippen LogP contribution in [0.4, 0.5) is 0 Å². The van der Waals surface area contributed by atoms with Crippen LogP contribution >= 0.6 is 0 Å². The first-order chi connectivity index (χ1) is 17.0. The number of benzene rings is 1. The van der Waals surface area contributed by atoms with Crippen molar-refractivity contribution in [2.24, 2.45) is 0 Å². The number of hydrogen-bond donors (Lipinski definition) is 1. The number of fused-ring (bicyclic) bond motifs is 2. The molecule has 3 aromatic rings. The summed E-state index contributed by atoms with van der Waals surface area (Å²) in [7, 11) is -3.70. The highest BCUT2D eigenvalue weighted by Crippen LogP contribution is 2.44. The zero-order valence-corrected chi connectivity index (χ0v) is 20.2. The average molecular weight is 497 g/mol. The largest absolute Gasteiger partial charge is 0.454 e. The van der Waals surface area contributed by atoms with Gasteiger partial charge in [0.25, 0.3) is 0 Å². The highest BCUT2D eigenvalue weighted by molar-refractivity contribution is 7.89. The van der Waals surface area contributed by atoms with Crippen molar-refractivity contribution in [1.29, 1.82) is 0 Å². The lowest BCUT2D eigenvalue weighted by molar-refractivity contribution is -0.140. The number of H-pyrrole nitrogens is 1. The molecule has 2 aliphatic heterocycles. The lowest BCUT2D eigenvalue weighted by Crippen LogP contribution is -2.56. The number of hydrogen-bond acceptors (Lipinski definition) is 6. The summed E-state index contributed by atoms with van der Waals surface area (Å²) in [6, 6.07) is 9.32. The van der Waals surface area contributed by atoms with E-state index >= 15 is 0 Å². The molecule has 2 aromatic heterocycles. The van der Waals surface area contributed by atoms with E-state index in [9.17, 15) is 13.2 Å². The Morgan fingerprint density at radius 2 is 1.77 bits per heavy atom. The van der Waals surface area contributed by atoms with E-state index in [1.807, 2.05) is 23.1 Å². The fourth-order valence-corrected chi connectivity index (χ4v) is 7.27. The number of nitrogens with zero attached hydrogens (tertiary/aromatic N) is 3. The highest BCUT2D eigenvalue weighted by Gasteiger charge is 2.45. The number of nitrogens with one attached hydrogen (secondary N) is 1. The quantitative estimate of drug-likeness (QED) is 0.595. The fraction of sp³-hybridized carbons (Fsp3) is 0.440. The third kappa shape index (κ3) is 3.66. The minimum absolute atomic E-state index is 0.0874. The number of piperazine rings is 1. The van der Waals surface area contributed by atoms with E-state index < -0.39 is 15.4 Å². The van der Waals surface area contributed by atoms with Crippen molar-refractivity contribution in [3.63, 3.8) is 0 Å². The van der Waals surface area contributed by atoms with Gasteiger partial charge in [-0.3, -0.25) is 4.79 Å². The zero-order valence-electron chi connectivity index (χ0n) is 19.4. The number of pyridine rings is 1. The molecule has 3 aliphatic rings. The van der Waals surface area contributed by atoms with Gasteiger partial charge in [0.2, 0.25) is 22.7 Å². The molecule has 0 spiro atoms. The van der Waals surface area contributed by atoms with Crippen LogP contribution in [0.3, 0.4) is 0 Å². The molecule has 9 nitrogen and oxygen atoms in total. The topological polar surface area (TPSA) is 105 Å². The van der Waals surface area contributed by atoms with E-state index in [0.29, 0.717) is 35.6 Å². The van der Waals surface area contributed by atoms with Crippen molar-refractivity contribution in [3.05, 3.63) is 48.3 Å². The molecule has 35 heavy (non-hydrogen) atoms. The van der Waals surface area contributed by atoms with Gasteiger partial charge in [0.15, 0.2) is 11.5 Å². The molecule has 1 aliphatic carbocycles. The molecule has 1 amide bonds. The number of rotatable bonds is 4. The summed E-state index contributed by atoms with van der Waals surface area (Å²) in [5.41, 5.74) is 0.902. The number of carbonyl (C=O) groups excluding carboxylic acids is 1. The Kier molecular flexibility index (Phi) is 5.45.